The number of carbonyl (C=O) groups is 4. The average molecular weight is 535 g/mol. The van der Waals surface area contributed by atoms with Crippen LogP contribution in [0.3, 0.4) is 0 Å². The van der Waals surface area contributed by atoms with Crippen LogP contribution in [-0.4, -0.2) is 50.6 Å². The SMILES string of the molecule is Cc1ccc(S(=O)(=O)ON2C(=O)C3C(C2=O)C2C(=O)N(OS(=O)(=O)c4ccc(C)cc4)C(=O)C32)cc1. The van der Waals surface area contributed by atoms with E-state index in [1.807, 2.05) is 0 Å². The number of fused-ring (bicyclic) bond motifs is 4. The van der Waals surface area contributed by atoms with E-state index in [1.54, 1.807) is 13.8 Å². The summed E-state index contributed by atoms with van der Waals surface area (Å²) in [5.41, 5.74) is 1.53. The van der Waals surface area contributed by atoms with Gasteiger partial charge in [0.05, 0.1) is 33.5 Å². The molecule has 2 aliphatic heterocycles. The van der Waals surface area contributed by atoms with Crippen LogP contribution >= 0.6 is 0 Å². The maximum Gasteiger partial charge on any atom is 0.318 e. The zero-order valence-corrected chi connectivity index (χ0v) is 20.4. The molecule has 0 bridgehead atoms. The molecule has 0 aromatic heterocycles. The van der Waals surface area contributed by atoms with Crippen LogP contribution < -0.4 is 0 Å². The fraction of sp³-hybridized carbons (Fsp3) is 0.273. The minimum atomic E-state index is -4.56. The number of imide groups is 2. The summed E-state index contributed by atoms with van der Waals surface area (Å²) < 4.78 is 59.8. The number of carbonyl (C=O) groups excluding carboxylic acids is 4. The normalized spacial score (nSPS) is 25.7. The number of hydrogen-bond acceptors (Lipinski definition) is 10. The van der Waals surface area contributed by atoms with Crippen molar-refractivity contribution in [1.29, 1.82) is 0 Å². The molecule has 1 saturated carbocycles. The highest BCUT2D eigenvalue weighted by atomic mass is 32.2. The number of hydroxylamine groups is 4. The summed E-state index contributed by atoms with van der Waals surface area (Å²) in [7, 11) is -9.13. The van der Waals surface area contributed by atoms with E-state index in [1.165, 1.54) is 48.5 Å². The Balaban J connectivity index is 1.36. The Morgan fingerprint density at radius 2 is 0.778 bits per heavy atom. The van der Waals surface area contributed by atoms with Crippen molar-refractivity contribution in [1.82, 2.24) is 10.1 Å². The molecule has 0 N–H and O–H groups in total. The predicted molar refractivity (Wildman–Crippen MR) is 117 cm³/mol. The van der Waals surface area contributed by atoms with Gasteiger partial charge in [-0.05, 0) is 38.1 Å². The third-order valence-electron chi connectivity index (χ3n) is 6.45. The maximum absolute atomic E-state index is 12.9. The van der Waals surface area contributed by atoms with Gasteiger partial charge in [-0.1, -0.05) is 35.4 Å². The van der Waals surface area contributed by atoms with Crippen LogP contribution in [-0.2, 0) is 48.0 Å². The van der Waals surface area contributed by atoms with Crippen molar-refractivity contribution < 1.29 is 44.6 Å². The predicted octanol–water partition coefficient (Wildman–Crippen LogP) is 0.460. The fourth-order valence-corrected chi connectivity index (χ4v) is 6.37. The van der Waals surface area contributed by atoms with Gasteiger partial charge in [0.25, 0.3) is 23.6 Å². The number of benzene rings is 2. The first-order valence-electron chi connectivity index (χ1n) is 10.6. The van der Waals surface area contributed by atoms with Crippen LogP contribution in [0.25, 0.3) is 0 Å². The summed E-state index contributed by atoms with van der Waals surface area (Å²) in [6.45, 7) is 3.46. The van der Waals surface area contributed by atoms with E-state index in [9.17, 15) is 36.0 Å². The van der Waals surface area contributed by atoms with Crippen LogP contribution in [0.15, 0.2) is 58.3 Å². The first-order chi connectivity index (χ1) is 16.8. The highest BCUT2D eigenvalue weighted by Crippen LogP contribution is 2.56. The molecule has 0 atom stereocenters. The highest BCUT2D eigenvalue weighted by Gasteiger charge is 2.75. The van der Waals surface area contributed by atoms with E-state index in [0.717, 1.165) is 11.1 Å². The van der Waals surface area contributed by atoms with Gasteiger partial charge in [0.2, 0.25) is 0 Å². The molecule has 0 spiro atoms. The molecule has 2 aromatic carbocycles. The van der Waals surface area contributed by atoms with E-state index >= 15 is 0 Å². The van der Waals surface area contributed by atoms with Gasteiger partial charge in [0, 0.05) is 0 Å². The van der Waals surface area contributed by atoms with Crippen molar-refractivity contribution in [3.05, 3.63) is 59.7 Å². The van der Waals surface area contributed by atoms with Gasteiger partial charge in [-0.2, -0.15) is 16.8 Å². The lowest BCUT2D eigenvalue weighted by atomic mass is 9.59. The van der Waals surface area contributed by atoms with Crippen molar-refractivity contribution in [3.63, 3.8) is 0 Å². The minimum absolute atomic E-state index is 0.0532. The van der Waals surface area contributed by atoms with E-state index < -0.39 is 67.5 Å². The quantitative estimate of drug-likeness (QED) is 0.476. The summed E-state index contributed by atoms with van der Waals surface area (Å²) in [6.07, 6.45) is 0. The highest BCUT2D eigenvalue weighted by molar-refractivity contribution is 7.87. The molecule has 188 valence electrons. The van der Waals surface area contributed by atoms with E-state index in [-0.39, 0.29) is 19.9 Å². The second-order valence-electron chi connectivity index (χ2n) is 8.73. The average Bonchev–Trinajstić information content (AvgIpc) is 3.10. The molecule has 2 aromatic rings. The van der Waals surface area contributed by atoms with Crippen LogP contribution in [0, 0.1) is 37.5 Å². The molecule has 4 amide bonds. The molecule has 2 heterocycles. The molecule has 5 rings (SSSR count). The van der Waals surface area contributed by atoms with Gasteiger partial charge >= 0.3 is 20.2 Å². The van der Waals surface area contributed by atoms with Gasteiger partial charge in [0.1, 0.15) is 0 Å². The van der Waals surface area contributed by atoms with Gasteiger partial charge in [0.15, 0.2) is 0 Å². The Kier molecular flexibility index (Phi) is 5.41. The molecule has 3 fully saturated rings. The van der Waals surface area contributed by atoms with Crippen molar-refractivity contribution in [2.24, 2.45) is 23.7 Å². The number of rotatable bonds is 6. The Bertz CT molecular complexity index is 1370. The molecule has 14 heteroatoms. The van der Waals surface area contributed by atoms with E-state index in [4.69, 9.17) is 8.57 Å². The summed E-state index contributed by atoms with van der Waals surface area (Å²) >= 11 is 0. The Labute approximate surface area is 205 Å². The van der Waals surface area contributed by atoms with E-state index in [2.05, 4.69) is 0 Å². The Morgan fingerprint density at radius 1 is 0.528 bits per heavy atom. The molecule has 1 aliphatic carbocycles. The first kappa shape index (κ1) is 24.2. The Hall–Kier alpha value is -3.46. The van der Waals surface area contributed by atoms with Gasteiger partial charge in [-0.15, -0.1) is 18.7 Å². The lowest BCUT2D eigenvalue weighted by Crippen LogP contribution is -2.50. The van der Waals surface area contributed by atoms with Crippen molar-refractivity contribution in [3.8, 4) is 0 Å². The number of amides is 4. The molecule has 12 nitrogen and oxygen atoms in total. The summed E-state index contributed by atoms with van der Waals surface area (Å²) in [6, 6.07) is 10.9. The van der Waals surface area contributed by atoms with Gasteiger partial charge in [-0.3, -0.25) is 19.2 Å². The largest absolute Gasteiger partial charge is 0.318 e. The van der Waals surface area contributed by atoms with Crippen LogP contribution in [0.5, 0.6) is 0 Å². The molecule has 0 radical (unpaired) electrons. The fourth-order valence-electron chi connectivity index (χ4n) is 4.57. The summed E-state index contributed by atoms with van der Waals surface area (Å²) in [5.74, 6) is -10.0. The smallest absolute Gasteiger partial charge is 0.272 e. The third kappa shape index (κ3) is 3.56. The lowest BCUT2D eigenvalue weighted by molar-refractivity contribution is -0.169. The second kappa shape index (κ2) is 8.03. The van der Waals surface area contributed by atoms with Crippen molar-refractivity contribution in [2.75, 3.05) is 0 Å². The molecule has 0 unspecified atom stereocenters. The number of hydrogen-bond donors (Lipinski definition) is 0. The zero-order valence-electron chi connectivity index (χ0n) is 18.7. The van der Waals surface area contributed by atoms with E-state index in [0.29, 0.717) is 0 Å². The summed E-state index contributed by atoms with van der Waals surface area (Å²) in [5, 5.41) is 0.106. The Morgan fingerprint density at radius 3 is 1.03 bits per heavy atom. The molecular formula is C22H18N2O10S2. The maximum atomic E-state index is 12.9. The molecule has 36 heavy (non-hydrogen) atoms. The van der Waals surface area contributed by atoms with Crippen molar-refractivity contribution in [2.45, 2.75) is 23.6 Å². The third-order valence-corrected chi connectivity index (χ3v) is 8.84. The van der Waals surface area contributed by atoms with Crippen LogP contribution in [0.4, 0.5) is 0 Å². The van der Waals surface area contributed by atoms with Crippen LogP contribution in [0.1, 0.15) is 11.1 Å². The monoisotopic (exact) mass is 534 g/mol. The molecular weight excluding hydrogens is 516 g/mol. The topological polar surface area (TPSA) is 161 Å². The minimum Gasteiger partial charge on any atom is -0.272 e. The molecule has 2 saturated heterocycles. The second-order valence-corrected chi connectivity index (χ2v) is 11.8. The first-order valence-corrected chi connectivity index (χ1v) is 13.4. The van der Waals surface area contributed by atoms with Crippen molar-refractivity contribution >= 4 is 43.9 Å². The summed E-state index contributed by atoms with van der Waals surface area (Å²) in [4.78, 5) is 50.8. The standard InChI is InChI=1S/C22H18N2O10S2/c1-11-3-7-13(8-4-11)35(29,30)33-23-19(25)15-16(20(23)26)18-17(15)21(27)24(22(18)28)34-36(31,32)14-9-5-12(2)6-10-14/h3-10,15-18H,1-2H3. The number of aryl methyl sites for hydroxylation is 2. The van der Waals surface area contributed by atoms with Gasteiger partial charge < -0.3 is 0 Å². The van der Waals surface area contributed by atoms with Gasteiger partial charge in [-0.25, -0.2) is 0 Å². The lowest BCUT2D eigenvalue weighted by Gasteiger charge is -2.35. The molecule has 3 aliphatic rings. The van der Waals surface area contributed by atoms with Crippen LogP contribution in [0.2, 0.25) is 0 Å². The number of nitrogens with zero attached hydrogens (tertiary/aromatic N) is 2. The zero-order chi connectivity index (χ0) is 26.2.